The topological polar surface area (TPSA) is 105 Å². The van der Waals surface area contributed by atoms with Crippen LogP contribution in [0.5, 0.6) is 11.5 Å². The first kappa shape index (κ1) is 29.3. The van der Waals surface area contributed by atoms with E-state index in [4.69, 9.17) is 21.1 Å². The number of ether oxygens (including phenoxy) is 2. The van der Waals surface area contributed by atoms with Gasteiger partial charge in [-0.25, -0.2) is 8.42 Å². The summed E-state index contributed by atoms with van der Waals surface area (Å²) < 4.78 is 37.1. The quantitative estimate of drug-likeness (QED) is 0.496. The van der Waals surface area contributed by atoms with Gasteiger partial charge >= 0.3 is 0 Å². The van der Waals surface area contributed by atoms with E-state index in [1.807, 2.05) is 20.8 Å². The number of halogens is 1. The van der Waals surface area contributed by atoms with Crippen LogP contribution in [0.25, 0.3) is 0 Å². The van der Waals surface area contributed by atoms with E-state index in [1.54, 1.807) is 43.3 Å². The number of anilines is 1. The number of benzene rings is 2. The molecule has 0 saturated heterocycles. The summed E-state index contributed by atoms with van der Waals surface area (Å²) in [6, 6.07) is 10.6. The lowest BCUT2D eigenvalue weighted by atomic mass is 10.1. The Balaban J connectivity index is 2.49. The molecule has 0 saturated carbocycles. The third kappa shape index (κ3) is 8.03. The Hall–Kier alpha value is -2.98. The van der Waals surface area contributed by atoms with Crippen molar-refractivity contribution >= 4 is 39.1 Å². The van der Waals surface area contributed by atoms with Gasteiger partial charge in [-0.3, -0.25) is 13.9 Å². The van der Waals surface area contributed by atoms with Crippen molar-refractivity contribution in [2.45, 2.75) is 45.8 Å². The number of methoxy groups -OCH3 is 2. The van der Waals surface area contributed by atoms with E-state index >= 15 is 0 Å². The average molecular weight is 540 g/mol. The summed E-state index contributed by atoms with van der Waals surface area (Å²) in [6.45, 7) is 6.63. The van der Waals surface area contributed by atoms with Gasteiger partial charge in [-0.2, -0.15) is 0 Å². The molecule has 2 amide bonds. The maximum Gasteiger partial charge on any atom is 0.244 e. The van der Waals surface area contributed by atoms with Gasteiger partial charge in [0.25, 0.3) is 0 Å². The molecule has 1 N–H and O–H groups in total. The van der Waals surface area contributed by atoms with Gasteiger partial charge in [-0.1, -0.05) is 23.7 Å². The van der Waals surface area contributed by atoms with Crippen LogP contribution >= 0.6 is 11.6 Å². The lowest BCUT2D eigenvalue weighted by molar-refractivity contribution is -0.140. The highest BCUT2D eigenvalue weighted by Gasteiger charge is 2.32. The molecule has 11 heteroatoms. The molecule has 0 radical (unpaired) electrons. The van der Waals surface area contributed by atoms with Gasteiger partial charge in [0, 0.05) is 23.2 Å². The first-order valence-electron chi connectivity index (χ1n) is 11.2. The number of nitrogens with one attached hydrogen (secondary N) is 1. The Morgan fingerprint density at radius 1 is 1.06 bits per heavy atom. The zero-order valence-electron chi connectivity index (χ0n) is 21.7. The second kappa shape index (κ2) is 11.8. The number of carbonyl (C=O) groups is 2. The van der Waals surface area contributed by atoms with Crippen LogP contribution in [-0.4, -0.2) is 63.7 Å². The predicted octanol–water partition coefficient (Wildman–Crippen LogP) is 3.46. The molecule has 1 atom stereocenters. The molecule has 0 aliphatic heterocycles. The highest BCUT2D eigenvalue weighted by atomic mass is 35.5. The van der Waals surface area contributed by atoms with E-state index in [-0.39, 0.29) is 23.9 Å². The lowest BCUT2D eigenvalue weighted by Gasteiger charge is -2.33. The maximum atomic E-state index is 13.7. The number of hydrogen-bond donors (Lipinski definition) is 1. The summed E-state index contributed by atoms with van der Waals surface area (Å²) in [4.78, 5) is 28.0. The van der Waals surface area contributed by atoms with Crippen LogP contribution in [0.4, 0.5) is 5.69 Å². The normalized spacial score (nSPS) is 12.4. The Labute approximate surface area is 218 Å². The van der Waals surface area contributed by atoms with Crippen molar-refractivity contribution in [1.29, 1.82) is 0 Å². The van der Waals surface area contributed by atoms with E-state index in [1.165, 1.54) is 25.2 Å². The second-order valence-electron chi connectivity index (χ2n) is 9.37. The van der Waals surface area contributed by atoms with Crippen molar-refractivity contribution in [3.8, 4) is 11.5 Å². The number of amides is 2. The van der Waals surface area contributed by atoms with E-state index in [2.05, 4.69) is 5.32 Å². The monoisotopic (exact) mass is 539 g/mol. The second-order valence-corrected chi connectivity index (χ2v) is 11.7. The van der Waals surface area contributed by atoms with Crippen LogP contribution in [0.2, 0.25) is 5.02 Å². The number of nitrogens with zero attached hydrogens (tertiary/aromatic N) is 2. The molecule has 0 aliphatic rings. The van der Waals surface area contributed by atoms with E-state index in [9.17, 15) is 18.0 Å². The standard InChI is InChI=1S/C25H34ClN3O6S/c1-17(24(31)27-25(2,3)4)28(15-18-8-10-19(26)11-9-18)23(30)16-29(36(7,32)33)21-14-20(34-5)12-13-22(21)35-6/h8-14,17H,15-16H2,1-7H3,(H,27,31)/t17-/m0/s1. The van der Waals surface area contributed by atoms with Crippen molar-refractivity contribution < 1.29 is 27.5 Å². The smallest absolute Gasteiger partial charge is 0.244 e. The summed E-state index contributed by atoms with van der Waals surface area (Å²) in [5.74, 6) is -0.300. The molecular weight excluding hydrogens is 506 g/mol. The van der Waals surface area contributed by atoms with Crippen LogP contribution in [0.15, 0.2) is 42.5 Å². The summed E-state index contributed by atoms with van der Waals surface area (Å²) >= 11 is 6.00. The van der Waals surface area contributed by atoms with E-state index in [0.717, 1.165) is 16.1 Å². The molecule has 2 aromatic carbocycles. The Morgan fingerprint density at radius 2 is 1.67 bits per heavy atom. The Morgan fingerprint density at radius 3 is 2.17 bits per heavy atom. The fraction of sp³-hybridized carbons (Fsp3) is 0.440. The van der Waals surface area contributed by atoms with Gasteiger partial charge in [0.1, 0.15) is 24.1 Å². The minimum Gasteiger partial charge on any atom is -0.497 e. The van der Waals surface area contributed by atoms with Crippen molar-refractivity contribution in [3.05, 3.63) is 53.1 Å². The largest absolute Gasteiger partial charge is 0.497 e. The molecule has 0 aliphatic carbocycles. The highest BCUT2D eigenvalue weighted by molar-refractivity contribution is 7.92. The first-order valence-corrected chi connectivity index (χ1v) is 13.4. The molecule has 2 rings (SSSR count). The summed E-state index contributed by atoms with van der Waals surface area (Å²) in [5, 5.41) is 3.41. The number of hydrogen-bond acceptors (Lipinski definition) is 6. The molecule has 2 aromatic rings. The molecule has 0 unspecified atom stereocenters. The minimum atomic E-state index is -3.93. The van der Waals surface area contributed by atoms with Crippen molar-refractivity contribution in [1.82, 2.24) is 10.2 Å². The zero-order chi connectivity index (χ0) is 27.3. The van der Waals surface area contributed by atoms with Crippen molar-refractivity contribution in [2.24, 2.45) is 0 Å². The van der Waals surface area contributed by atoms with Crippen molar-refractivity contribution in [3.63, 3.8) is 0 Å². The van der Waals surface area contributed by atoms with Gasteiger partial charge < -0.3 is 19.7 Å². The molecule has 0 fully saturated rings. The predicted molar refractivity (Wildman–Crippen MR) is 141 cm³/mol. The van der Waals surface area contributed by atoms with Gasteiger partial charge in [0.05, 0.1) is 26.2 Å². The SMILES string of the molecule is COc1ccc(OC)c(N(CC(=O)N(Cc2ccc(Cl)cc2)[C@@H](C)C(=O)NC(C)(C)C)S(C)(=O)=O)c1. The average Bonchev–Trinajstić information content (AvgIpc) is 2.79. The van der Waals surface area contributed by atoms with Gasteiger partial charge in [0.15, 0.2) is 0 Å². The summed E-state index contributed by atoms with van der Waals surface area (Å²) in [6.07, 6.45) is 0.998. The van der Waals surface area contributed by atoms with Crippen LogP contribution in [0, 0.1) is 0 Å². The summed E-state index contributed by atoms with van der Waals surface area (Å²) in [7, 11) is -1.07. The van der Waals surface area contributed by atoms with Crippen LogP contribution in [0.1, 0.15) is 33.3 Å². The highest BCUT2D eigenvalue weighted by Crippen LogP contribution is 2.34. The number of sulfonamides is 1. The van der Waals surface area contributed by atoms with Gasteiger partial charge in [-0.05, 0) is 57.5 Å². The minimum absolute atomic E-state index is 0.0710. The summed E-state index contributed by atoms with van der Waals surface area (Å²) in [5.41, 5.74) is 0.353. The van der Waals surface area contributed by atoms with Crippen LogP contribution in [0.3, 0.4) is 0 Å². The number of rotatable bonds is 10. The van der Waals surface area contributed by atoms with Gasteiger partial charge in [-0.15, -0.1) is 0 Å². The Bertz CT molecular complexity index is 1180. The first-order chi connectivity index (χ1) is 16.7. The van der Waals surface area contributed by atoms with E-state index in [0.29, 0.717) is 10.8 Å². The molecule has 198 valence electrons. The maximum absolute atomic E-state index is 13.7. The molecule has 0 spiro atoms. The van der Waals surface area contributed by atoms with Crippen LogP contribution in [-0.2, 0) is 26.2 Å². The zero-order valence-corrected chi connectivity index (χ0v) is 23.2. The van der Waals surface area contributed by atoms with Crippen LogP contribution < -0.4 is 19.1 Å². The van der Waals surface area contributed by atoms with Gasteiger partial charge in [0.2, 0.25) is 21.8 Å². The third-order valence-electron chi connectivity index (χ3n) is 5.27. The molecule has 0 heterocycles. The molecular formula is C25H34ClN3O6S. The van der Waals surface area contributed by atoms with Crippen molar-refractivity contribution in [2.75, 3.05) is 31.3 Å². The fourth-order valence-electron chi connectivity index (χ4n) is 3.43. The lowest BCUT2D eigenvalue weighted by Crippen LogP contribution is -2.54. The third-order valence-corrected chi connectivity index (χ3v) is 6.64. The molecule has 0 aromatic heterocycles. The fourth-order valence-corrected chi connectivity index (χ4v) is 4.40. The molecule has 9 nitrogen and oxygen atoms in total. The Kier molecular flexibility index (Phi) is 9.62. The van der Waals surface area contributed by atoms with E-state index < -0.39 is 34.1 Å². The number of carbonyl (C=O) groups excluding carboxylic acids is 2. The molecule has 36 heavy (non-hydrogen) atoms. The molecule has 0 bridgehead atoms.